The normalized spacial score (nSPS) is 14.6. The summed E-state index contributed by atoms with van der Waals surface area (Å²) < 4.78 is 5.48. The van der Waals surface area contributed by atoms with Crippen molar-refractivity contribution in [2.45, 2.75) is 67.2 Å². The number of rotatable bonds is 10. The first-order valence-electron chi connectivity index (χ1n) is 11.3. The van der Waals surface area contributed by atoms with Gasteiger partial charge in [0.15, 0.2) is 0 Å². The Morgan fingerprint density at radius 2 is 1.24 bits per heavy atom. The zero-order valence-corrected chi connectivity index (χ0v) is 19.8. The van der Waals surface area contributed by atoms with Crippen molar-refractivity contribution in [1.29, 1.82) is 0 Å². The Morgan fingerprint density at radius 3 is 1.76 bits per heavy atom. The first-order chi connectivity index (χ1) is 13.7. The van der Waals surface area contributed by atoms with Gasteiger partial charge in [-0.15, -0.1) is 0 Å². The summed E-state index contributed by atoms with van der Waals surface area (Å²) in [4.78, 5) is 0. The van der Waals surface area contributed by atoms with Crippen molar-refractivity contribution >= 4 is 0 Å². The van der Waals surface area contributed by atoms with E-state index in [2.05, 4.69) is 96.1 Å². The van der Waals surface area contributed by atoms with E-state index in [9.17, 15) is 0 Å². The van der Waals surface area contributed by atoms with Gasteiger partial charge in [-0.3, -0.25) is 0 Å². The van der Waals surface area contributed by atoms with Gasteiger partial charge < -0.3 is 4.74 Å². The van der Waals surface area contributed by atoms with Crippen LogP contribution < -0.4 is 0 Å². The summed E-state index contributed by atoms with van der Waals surface area (Å²) in [6.07, 6.45) is 4.57. The molecule has 0 saturated carbocycles. The maximum atomic E-state index is 5.48. The molecule has 0 aliphatic carbocycles. The lowest BCUT2D eigenvalue weighted by Crippen LogP contribution is -2.28. The molecule has 0 radical (unpaired) electrons. The lowest BCUT2D eigenvalue weighted by atomic mass is 9.70. The number of benzene rings is 2. The highest BCUT2D eigenvalue weighted by Gasteiger charge is 2.29. The van der Waals surface area contributed by atoms with Gasteiger partial charge in [-0.1, -0.05) is 103 Å². The van der Waals surface area contributed by atoms with Gasteiger partial charge in [0, 0.05) is 13.7 Å². The van der Waals surface area contributed by atoms with Crippen molar-refractivity contribution < 1.29 is 4.74 Å². The molecule has 1 nitrogen and oxygen atoms in total. The summed E-state index contributed by atoms with van der Waals surface area (Å²) >= 11 is 0. The fourth-order valence-electron chi connectivity index (χ4n) is 4.44. The van der Waals surface area contributed by atoms with Crippen LogP contribution in [-0.2, 0) is 24.0 Å². The highest BCUT2D eigenvalue weighted by Crippen LogP contribution is 2.36. The highest BCUT2D eigenvalue weighted by molar-refractivity contribution is 5.24. The fraction of sp³-hybridized carbons (Fsp3) is 0.571. The maximum Gasteiger partial charge on any atom is 0.0498 e. The first kappa shape index (κ1) is 23.7. The summed E-state index contributed by atoms with van der Waals surface area (Å²) in [6.45, 7) is 15.0. The molecule has 0 aromatic heterocycles. The first-order valence-corrected chi connectivity index (χ1v) is 11.3. The van der Waals surface area contributed by atoms with Crippen LogP contribution in [0, 0.1) is 22.7 Å². The summed E-state index contributed by atoms with van der Waals surface area (Å²) in [5.41, 5.74) is 4.84. The Hall–Kier alpha value is -1.60. The van der Waals surface area contributed by atoms with Crippen LogP contribution in [0.15, 0.2) is 54.6 Å². The van der Waals surface area contributed by atoms with Crippen molar-refractivity contribution in [3.05, 3.63) is 71.3 Å². The fourth-order valence-corrected chi connectivity index (χ4v) is 4.44. The van der Waals surface area contributed by atoms with Crippen LogP contribution in [0.1, 0.15) is 64.7 Å². The van der Waals surface area contributed by atoms with Crippen molar-refractivity contribution in [3.8, 4) is 0 Å². The van der Waals surface area contributed by atoms with Gasteiger partial charge in [-0.25, -0.2) is 0 Å². The molecule has 0 fully saturated rings. The SMILES string of the molecule is CCC(Cc1ccccc1)C(C)(C)Cc1ccc(CC(COC)C(C)(C)C)cc1. The number of hydrogen-bond donors (Lipinski definition) is 0. The molecule has 0 saturated heterocycles. The zero-order valence-electron chi connectivity index (χ0n) is 19.8. The monoisotopic (exact) mass is 394 g/mol. The average Bonchev–Trinajstić information content (AvgIpc) is 2.67. The van der Waals surface area contributed by atoms with Gasteiger partial charge in [0.25, 0.3) is 0 Å². The molecular formula is C28H42O. The molecule has 0 amide bonds. The molecule has 1 heteroatoms. The van der Waals surface area contributed by atoms with Crippen LogP contribution in [0.3, 0.4) is 0 Å². The third kappa shape index (κ3) is 7.30. The van der Waals surface area contributed by atoms with E-state index in [1.165, 1.54) is 23.1 Å². The number of hydrogen-bond acceptors (Lipinski definition) is 1. The second-order valence-corrected chi connectivity index (χ2v) is 10.5. The van der Waals surface area contributed by atoms with Crippen LogP contribution in [0.25, 0.3) is 0 Å². The van der Waals surface area contributed by atoms with Gasteiger partial charge in [0.05, 0.1) is 0 Å². The van der Waals surface area contributed by atoms with E-state index in [1.54, 1.807) is 0 Å². The van der Waals surface area contributed by atoms with Crippen molar-refractivity contribution in [2.24, 2.45) is 22.7 Å². The molecule has 0 heterocycles. The molecule has 2 aromatic carbocycles. The smallest absolute Gasteiger partial charge is 0.0498 e. The predicted octanol–water partition coefficient (Wildman–Crippen LogP) is 7.38. The van der Waals surface area contributed by atoms with Crippen molar-refractivity contribution in [3.63, 3.8) is 0 Å². The molecule has 0 bridgehead atoms. The Kier molecular flexibility index (Phi) is 8.52. The summed E-state index contributed by atoms with van der Waals surface area (Å²) in [7, 11) is 1.81. The minimum Gasteiger partial charge on any atom is -0.384 e. The van der Waals surface area contributed by atoms with Crippen LogP contribution in [-0.4, -0.2) is 13.7 Å². The van der Waals surface area contributed by atoms with Gasteiger partial charge in [0.2, 0.25) is 0 Å². The van der Waals surface area contributed by atoms with Crippen molar-refractivity contribution in [1.82, 2.24) is 0 Å². The Bertz CT molecular complexity index is 706. The van der Waals surface area contributed by atoms with Gasteiger partial charge >= 0.3 is 0 Å². The second-order valence-electron chi connectivity index (χ2n) is 10.5. The highest BCUT2D eigenvalue weighted by atomic mass is 16.5. The Balaban J connectivity index is 2.04. The molecule has 2 unspecified atom stereocenters. The molecule has 0 aliphatic rings. The lowest BCUT2D eigenvalue weighted by molar-refractivity contribution is 0.0902. The summed E-state index contributed by atoms with van der Waals surface area (Å²) in [5, 5.41) is 0. The molecule has 0 N–H and O–H groups in total. The Morgan fingerprint density at radius 1 is 0.724 bits per heavy atom. The largest absolute Gasteiger partial charge is 0.384 e. The summed E-state index contributed by atoms with van der Waals surface area (Å²) in [6, 6.07) is 20.3. The number of methoxy groups -OCH3 is 1. The van der Waals surface area contributed by atoms with Crippen LogP contribution in [0.2, 0.25) is 0 Å². The minimum absolute atomic E-state index is 0.252. The quantitative estimate of drug-likeness (QED) is 0.408. The predicted molar refractivity (Wildman–Crippen MR) is 126 cm³/mol. The standard InChI is InChI=1S/C28H42O/c1-8-25(18-22-12-10-9-11-13-22)28(5,6)20-24-16-14-23(15-17-24)19-26(21-29-7)27(2,3)4/h9-17,25-26H,8,18-21H2,1-7H3. The minimum atomic E-state index is 0.252. The lowest BCUT2D eigenvalue weighted by Gasteiger charge is -2.34. The molecule has 160 valence electrons. The van der Waals surface area contributed by atoms with Crippen LogP contribution >= 0.6 is 0 Å². The average molecular weight is 395 g/mol. The third-order valence-corrected chi connectivity index (χ3v) is 6.68. The van der Waals surface area contributed by atoms with Gasteiger partial charge in [-0.2, -0.15) is 0 Å². The summed E-state index contributed by atoms with van der Waals surface area (Å²) in [5.74, 6) is 1.21. The molecular weight excluding hydrogens is 352 g/mol. The molecule has 0 spiro atoms. The molecule has 2 aromatic rings. The Labute approximate surface area is 179 Å². The van der Waals surface area contributed by atoms with E-state index in [1.807, 2.05) is 7.11 Å². The van der Waals surface area contributed by atoms with E-state index in [-0.39, 0.29) is 10.8 Å². The molecule has 0 aliphatic heterocycles. The van der Waals surface area contributed by atoms with Crippen LogP contribution in [0.4, 0.5) is 0 Å². The maximum absolute atomic E-state index is 5.48. The van der Waals surface area contributed by atoms with E-state index in [4.69, 9.17) is 4.74 Å². The molecule has 2 rings (SSSR count). The van der Waals surface area contributed by atoms with E-state index < -0.39 is 0 Å². The van der Waals surface area contributed by atoms with E-state index in [0.717, 1.165) is 25.9 Å². The van der Waals surface area contributed by atoms with Gasteiger partial charge in [-0.05, 0) is 58.6 Å². The topological polar surface area (TPSA) is 9.23 Å². The van der Waals surface area contributed by atoms with E-state index >= 15 is 0 Å². The van der Waals surface area contributed by atoms with E-state index in [0.29, 0.717) is 11.8 Å². The van der Waals surface area contributed by atoms with Crippen molar-refractivity contribution in [2.75, 3.05) is 13.7 Å². The zero-order chi connectivity index (χ0) is 21.5. The molecule has 29 heavy (non-hydrogen) atoms. The number of ether oxygens (including phenoxy) is 1. The molecule has 2 atom stereocenters. The van der Waals surface area contributed by atoms with Crippen LogP contribution in [0.5, 0.6) is 0 Å². The van der Waals surface area contributed by atoms with Gasteiger partial charge in [0.1, 0.15) is 0 Å². The second kappa shape index (κ2) is 10.4. The third-order valence-electron chi connectivity index (χ3n) is 6.68.